The number of nitrogens with zero attached hydrogens (tertiary/aromatic N) is 5. The van der Waals surface area contributed by atoms with Crippen molar-refractivity contribution in [2.24, 2.45) is 10.7 Å². The van der Waals surface area contributed by atoms with E-state index in [4.69, 9.17) is 10.5 Å². The van der Waals surface area contributed by atoms with Crippen LogP contribution in [-0.4, -0.2) is 55.1 Å². The highest BCUT2D eigenvalue weighted by molar-refractivity contribution is 5.95. The van der Waals surface area contributed by atoms with Crippen molar-refractivity contribution in [3.63, 3.8) is 0 Å². The molecule has 7 nitrogen and oxygen atoms in total. The maximum Gasteiger partial charge on any atom is 0.419 e. The van der Waals surface area contributed by atoms with Crippen molar-refractivity contribution in [3.05, 3.63) is 41.3 Å². The van der Waals surface area contributed by atoms with E-state index in [1.54, 1.807) is 13.0 Å². The van der Waals surface area contributed by atoms with Gasteiger partial charge in [0.2, 0.25) is 11.8 Å². The molecule has 0 amide bonds. The first-order valence-corrected chi connectivity index (χ1v) is 8.55. The van der Waals surface area contributed by atoms with Crippen LogP contribution < -0.4 is 15.4 Å². The van der Waals surface area contributed by atoms with Gasteiger partial charge in [-0.1, -0.05) is 0 Å². The molecule has 0 radical (unpaired) electrons. The van der Waals surface area contributed by atoms with E-state index in [2.05, 4.69) is 15.0 Å². The second-order valence-corrected chi connectivity index (χ2v) is 6.49. The van der Waals surface area contributed by atoms with Crippen LogP contribution in [0.1, 0.15) is 11.3 Å². The lowest BCUT2D eigenvalue weighted by molar-refractivity contribution is -0.139. The smallest absolute Gasteiger partial charge is 0.419 e. The van der Waals surface area contributed by atoms with Crippen molar-refractivity contribution < 1.29 is 22.3 Å². The molecule has 0 unspecified atom stereocenters. The summed E-state index contributed by atoms with van der Waals surface area (Å²) in [6, 6.07) is 4.18. The predicted octanol–water partition coefficient (Wildman–Crippen LogP) is 2.97. The van der Waals surface area contributed by atoms with Crippen molar-refractivity contribution in [2.75, 3.05) is 39.2 Å². The van der Waals surface area contributed by atoms with Gasteiger partial charge in [-0.2, -0.15) is 23.1 Å². The maximum atomic E-state index is 13.5. The van der Waals surface area contributed by atoms with Gasteiger partial charge in [0.25, 0.3) is 5.95 Å². The molecule has 158 valence electrons. The molecule has 0 saturated carbocycles. The predicted molar refractivity (Wildman–Crippen MR) is 102 cm³/mol. The van der Waals surface area contributed by atoms with Crippen LogP contribution in [0.25, 0.3) is 0 Å². The fourth-order valence-corrected chi connectivity index (χ4v) is 2.23. The van der Waals surface area contributed by atoms with Crippen molar-refractivity contribution in [2.45, 2.75) is 13.1 Å². The van der Waals surface area contributed by atoms with Gasteiger partial charge in [-0.05, 0) is 39.2 Å². The fraction of sp³-hybridized carbons (Fsp3) is 0.389. The van der Waals surface area contributed by atoms with Gasteiger partial charge in [-0.25, -0.2) is 9.37 Å². The molecule has 2 rings (SSSR count). The summed E-state index contributed by atoms with van der Waals surface area (Å²) in [6.07, 6.45) is -4.83. The number of aliphatic imine (C=N–C) groups is 1. The molecule has 1 heterocycles. The summed E-state index contributed by atoms with van der Waals surface area (Å²) in [5.74, 6) is -1.25. The maximum absolute atomic E-state index is 13.5. The minimum Gasteiger partial charge on any atom is -0.476 e. The molecule has 0 saturated heterocycles. The van der Waals surface area contributed by atoms with E-state index in [-0.39, 0.29) is 17.6 Å². The zero-order chi connectivity index (χ0) is 21.8. The van der Waals surface area contributed by atoms with Crippen LogP contribution >= 0.6 is 0 Å². The molecular formula is C18H22F4N6O. The number of hydrogen-bond acceptors (Lipinski definition) is 5. The third kappa shape index (κ3) is 6.28. The van der Waals surface area contributed by atoms with E-state index in [9.17, 15) is 17.6 Å². The van der Waals surface area contributed by atoms with Crippen LogP contribution in [-0.2, 0) is 6.18 Å². The van der Waals surface area contributed by atoms with Crippen molar-refractivity contribution in [3.8, 4) is 5.88 Å². The molecule has 2 N–H and O–H groups in total. The minimum atomic E-state index is -4.83. The topological polar surface area (TPSA) is 79.9 Å². The van der Waals surface area contributed by atoms with Gasteiger partial charge < -0.3 is 20.3 Å². The van der Waals surface area contributed by atoms with E-state index >= 15 is 0 Å². The van der Waals surface area contributed by atoms with E-state index in [0.29, 0.717) is 30.8 Å². The van der Waals surface area contributed by atoms with Crippen molar-refractivity contribution in [1.82, 2.24) is 14.9 Å². The normalized spacial score (nSPS) is 12.4. The summed E-state index contributed by atoms with van der Waals surface area (Å²) in [5.41, 5.74) is 5.09. The summed E-state index contributed by atoms with van der Waals surface area (Å²) in [7, 11) is 5.21. The van der Waals surface area contributed by atoms with Gasteiger partial charge in [-0.15, -0.1) is 0 Å². The molecule has 11 heteroatoms. The minimum absolute atomic E-state index is 0.00707. The Kier molecular flexibility index (Phi) is 6.96. The Balaban J connectivity index is 2.25. The average Bonchev–Trinajstić information content (AvgIpc) is 2.59. The molecule has 0 bridgehead atoms. The number of benzene rings is 1. The first-order chi connectivity index (χ1) is 13.5. The second-order valence-electron chi connectivity index (χ2n) is 6.49. The number of ether oxygens (including phenoxy) is 1. The SMILES string of the molecule is Cc1cc(OCCN(C)C)nc(/N=C(/N)N(C)c2ccc(F)c(C(F)(F)F)c2)n1. The quantitative estimate of drug-likeness (QED) is 0.445. The molecule has 0 atom stereocenters. The highest BCUT2D eigenvalue weighted by Gasteiger charge is 2.34. The molecule has 0 aliphatic carbocycles. The van der Waals surface area contributed by atoms with Crippen LogP contribution in [0.15, 0.2) is 29.3 Å². The molecule has 29 heavy (non-hydrogen) atoms. The number of nitrogens with two attached hydrogens (primary N) is 1. The Hall–Kier alpha value is -2.95. The van der Waals surface area contributed by atoms with Crippen LogP contribution in [0.3, 0.4) is 0 Å². The van der Waals surface area contributed by atoms with Crippen LogP contribution in [0.5, 0.6) is 5.88 Å². The monoisotopic (exact) mass is 414 g/mol. The molecule has 0 aliphatic heterocycles. The van der Waals surface area contributed by atoms with Crippen molar-refractivity contribution >= 4 is 17.6 Å². The number of hydrogen-bond donors (Lipinski definition) is 1. The molecular weight excluding hydrogens is 392 g/mol. The summed E-state index contributed by atoms with van der Waals surface area (Å²) in [5, 5.41) is 0. The number of anilines is 1. The fourth-order valence-electron chi connectivity index (χ4n) is 2.23. The Morgan fingerprint density at radius 3 is 2.48 bits per heavy atom. The van der Waals surface area contributed by atoms with Gasteiger partial charge in [0.05, 0.1) is 5.56 Å². The number of halogens is 4. The van der Waals surface area contributed by atoms with E-state index in [1.165, 1.54) is 18.0 Å². The number of rotatable bonds is 6. The summed E-state index contributed by atoms with van der Waals surface area (Å²) >= 11 is 0. The van der Waals surface area contributed by atoms with Crippen LogP contribution in [0, 0.1) is 12.7 Å². The molecule has 2 aromatic rings. The largest absolute Gasteiger partial charge is 0.476 e. The molecule has 1 aromatic heterocycles. The van der Waals surface area contributed by atoms with Gasteiger partial charge in [0, 0.05) is 31.0 Å². The zero-order valence-corrected chi connectivity index (χ0v) is 16.5. The standard InChI is InChI=1S/C18H22F4N6O/c1-11-9-15(29-8-7-27(2)3)25-17(24-11)26-16(23)28(4)12-5-6-14(19)13(10-12)18(20,21)22/h5-6,9-10H,7-8H2,1-4H3,(H2,23,24,25,26). The Morgan fingerprint density at radius 2 is 1.86 bits per heavy atom. The lowest BCUT2D eigenvalue weighted by atomic mass is 10.1. The third-order valence-corrected chi connectivity index (χ3v) is 3.81. The van der Waals surface area contributed by atoms with Gasteiger partial charge >= 0.3 is 6.18 Å². The third-order valence-electron chi connectivity index (χ3n) is 3.81. The molecule has 0 fully saturated rings. The summed E-state index contributed by atoms with van der Waals surface area (Å²) in [6.45, 7) is 2.80. The van der Waals surface area contributed by atoms with Crippen molar-refractivity contribution in [1.29, 1.82) is 0 Å². The van der Waals surface area contributed by atoms with E-state index in [1.807, 2.05) is 19.0 Å². The Morgan fingerprint density at radius 1 is 1.17 bits per heavy atom. The van der Waals surface area contributed by atoms with E-state index < -0.39 is 17.6 Å². The number of guanidine groups is 1. The average molecular weight is 414 g/mol. The number of aryl methyl sites for hydroxylation is 1. The first kappa shape index (κ1) is 22.3. The van der Waals surface area contributed by atoms with E-state index in [0.717, 1.165) is 6.07 Å². The lowest BCUT2D eigenvalue weighted by Crippen LogP contribution is -2.34. The summed E-state index contributed by atoms with van der Waals surface area (Å²) < 4.78 is 57.8. The number of aromatic nitrogens is 2. The van der Waals surface area contributed by atoms with Gasteiger partial charge in [0.15, 0.2) is 0 Å². The number of alkyl halides is 3. The van der Waals surface area contributed by atoms with Gasteiger partial charge in [-0.3, -0.25) is 0 Å². The lowest BCUT2D eigenvalue weighted by Gasteiger charge is -2.19. The second kappa shape index (κ2) is 9.03. The molecule has 0 aliphatic rings. The highest BCUT2D eigenvalue weighted by atomic mass is 19.4. The van der Waals surface area contributed by atoms with Crippen LogP contribution in [0.2, 0.25) is 0 Å². The highest BCUT2D eigenvalue weighted by Crippen LogP contribution is 2.33. The van der Waals surface area contributed by atoms with Crippen LogP contribution in [0.4, 0.5) is 29.2 Å². The molecule has 0 spiro atoms. The van der Waals surface area contributed by atoms with Gasteiger partial charge in [0.1, 0.15) is 12.4 Å². The number of likely N-dealkylation sites (N-methyl/N-ethyl adjacent to an activating group) is 1. The summed E-state index contributed by atoms with van der Waals surface area (Å²) in [4.78, 5) is 15.4. The Labute approximate surface area is 165 Å². The molecule has 1 aromatic carbocycles. The zero-order valence-electron chi connectivity index (χ0n) is 16.5. The first-order valence-electron chi connectivity index (χ1n) is 8.55. The Bertz CT molecular complexity index is 885.